The summed E-state index contributed by atoms with van der Waals surface area (Å²) in [5.74, 6) is 0. The van der Waals surface area contributed by atoms with E-state index < -0.39 is 0 Å². The molecule has 0 aliphatic rings. The SMILES string of the molecule is C[CH]NCCCCO. The third kappa shape index (κ3) is 5.92. The summed E-state index contributed by atoms with van der Waals surface area (Å²) in [7, 11) is 0. The first kappa shape index (κ1) is 7.92. The molecule has 8 heavy (non-hydrogen) atoms. The van der Waals surface area contributed by atoms with Gasteiger partial charge in [0.1, 0.15) is 0 Å². The van der Waals surface area contributed by atoms with Crippen molar-refractivity contribution in [2.24, 2.45) is 0 Å². The van der Waals surface area contributed by atoms with Crippen molar-refractivity contribution < 1.29 is 5.11 Å². The molecule has 0 bridgehead atoms. The van der Waals surface area contributed by atoms with Crippen LogP contribution in [0.15, 0.2) is 0 Å². The standard InChI is InChI=1S/C6H14NO/c1-2-7-5-3-4-6-8/h2,7-8H,3-6H2,1H3. The molecule has 0 fully saturated rings. The number of aliphatic hydroxyl groups excluding tert-OH is 1. The topological polar surface area (TPSA) is 32.3 Å². The third-order valence-electron chi connectivity index (χ3n) is 0.933. The number of hydrogen-bond donors (Lipinski definition) is 2. The van der Waals surface area contributed by atoms with Crippen molar-refractivity contribution in [1.82, 2.24) is 5.32 Å². The van der Waals surface area contributed by atoms with Crippen LogP contribution in [-0.4, -0.2) is 18.3 Å². The highest BCUT2D eigenvalue weighted by atomic mass is 16.2. The highest BCUT2D eigenvalue weighted by Crippen LogP contribution is 1.82. The molecule has 0 rings (SSSR count). The molecule has 0 aromatic carbocycles. The molecule has 0 spiro atoms. The number of nitrogens with one attached hydrogen (secondary N) is 1. The molecule has 0 saturated heterocycles. The fraction of sp³-hybridized carbons (Fsp3) is 0.833. The van der Waals surface area contributed by atoms with E-state index in [9.17, 15) is 0 Å². The lowest BCUT2D eigenvalue weighted by Crippen LogP contribution is -2.09. The minimum atomic E-state index is 0.311. The average molecular weight is 116 g/mol. The molecule has 0 saturated carbocycles. The van der Waals surface area contributed by atoms with Gasteiger partial charge in [0, 0.05) is 13.2 Å². The summed E-state index contributed by atoms with van der Waals surface area (Å²) in [6.07, 6.45) is 1.96. The molecule has 0 heterocycles. The Morgan fingerprint density at radius 1 is 1.50 bits per heavy atom. The van der Waals surface area contributed by atoms with E-state index >= 15 is 0 Å². The highest BCUT2D eigenvalue weighted by Gasteiger charge is 1.82. The fourth-order valence-corrected chi connectivity index (χ4v) is 0.483. The van der Waals surface area contributed by atoms with E-state index in [-0.39, 0.29) is 0 Å². The van der Waals surface area contributed by atoms with E-state index in [1.165, 1.54) is 0 Å². The van der Waals surface area contributed by atoms with Gasteiger partial charge in [-0.2, -0.15) is 0 Å². The Hall–Kier alpha value is -0.0800. The van der Waals surface area contributed by atoms with Crippen molar-refractivity contribution in [2.45, 2.75) is 19.8 Å². The zero-order valence-electron chi connectivity index (χ0n) is 5.35. The van der Waals surface area contributed by atoms with Gasteiger partial charge in [0.2, 0.25) is 0 Å². The second kappa shape index (κ2) is 6.92. The van der Waals surface area contributed by atoms with Gasteiger partial charge in [-0.15, -0.1) is 0 Å². The molecule has 0 aromatic heterocycles. The summed E-state index contributed by atoms with van der Waals surface area (Å²) >= 11 is 0. The first-order valence-electron chi connectivity index (χ1n) is 3.04. The van der Waals surface area contributed by atoms with E-state index in [0.29, 0.717) is 6.61 Å². The lowest BCUT2D eigenvalue weighted by Gasteiger charge is -1.96. The summed E-state index contributed by atoms with van der Waals surface area (Å²) in [5.41, 5.74) is 0. The normalized spacial score (nSPS) is 9.75. The molecule has 2 N–H and O–H groups in total. The van der Waals surface area contributed by atoms with Crippen LogP contribution in [0, 0.1) is 6.54 Å². The van der Waals surface area contributed by atoms with Crippen LogP contribution in [0.25, 0.3) is 0 Å². The molecule has 49 valence electrons. The molecular weight excluding hydrogens is 102 g/mol. The Balaban J connectivity index is 2.53. The van der Waals surface area contributed by atoms with Crippen LogP contribution >= 0.6 is 0 Å². The van der Waals surface area contributed by atoms with Gasteiger partial charge < -0.3 is 10.4 Å². The Kier molecular flexibility index (Phi) is 6.85. The quantitative estimate of drug-likeness (QED) is 0.513. The minimum Gasteiger partial charge on any atom is -0.396 e. The second-order valence-electron chi connectivity index (χ2n) is 1.67. The summed E-state index contributed by atoms with van der Waals surface area (Å²) in [6.45, 7) is 5.17. The maximum absolute atomic E-state index is 8.33. The first-order valence-corrected chi connectivity index (χ1v) is 3.04. The third-order valence-corrected chi connectivity index (χ3v) is 0.933. The van der Waals surface area contributed by atoms with Crippen LogP contribution in [0.3, 0.4) is 0 Å². The van der Waals surface area contributed by atoms with E-state index in [0.717, 1.165) is 19.4 Å². The molecule has 1 radical (unpaired) electrons. The van der Waals surface area contributed by atoms with Crippen molar-refractivity contribution in [3.8, 4) is 0 Å². The maximum atomic E-state index is 8.33. The largest absolute Gasteiger partial charge is 0.396 e. The molecule has 0 unspecified atom stereocenters. The van der Waals surface area contributed by atoms with Crippen LogP contribution in [0.2, 0.25) is 0 Å². The van der Waals surface area contributed by atoms with Crippen LogP contribution in [-0.2, 0) is 0 Å². The van der Waals surface area contributed by atoms with Gasteiger partial charge in [-0.05, 0) is 26.3 Å². The molecule has 2 heteroatoms. The van der Waals surface area contributed by atoms with Gasteiger partial charge in [-0.1, -0.05) is 0 Å². The summed E-state index contributed by atoms with van der Waals surface area (Å²) in [6, 6.07) is 0. The Labute approximate surface area is 50.9 Å². The smallest absolute Gasteiger partial charge is 0.0431 e. The molecule has 0 atom stereocenters. The van der Waals surface area contributed by atoms with Crippen LogP contribution in [0.1, 0.15) is 19.8 Å². The van der Waals surface area contributed by atoms with Gasteiger partial charge in [0.25, 0.3) is 0 Å². The molecule has 0 aliphatic carbocycles. The summed E-state index contributed by atoms with van der Waals surface area (Å²) in [5, 5.41) is 11.4. The number of unbranched alkanes of at least 4 members (excludes halogenated alkanes) is 1. The van der Waals surface area contributed by atoms with Crippen molar-refractivity contribution in [3.63, 3.8) is 0 Å². The van der Waals surface area contributed by atoms with E-state index in [1.807, 2.05) is 13.5 Å². The van der Waals surface area contributed by atoms with Crippen molar-refractivity contribution in [3.05, 3.63) is 6.54 Å². The number of hydrogen-bond acceptors (Lipinski definition) is 2. The Morgan fingerprint density at radius 2 is 2.25 bits per heavy atom. The zero-order valence-corrected chi connectivity index (χ0v) is 5.35. The number of aliphatic hydroxyl groups is 1. The zero-order chi connectivity index (χ0) is 6.24. The van der Waals surface area contributed by atoms with Crippen LogP contribution < -0.4 is 5.32 Å². The summed E-state index contributed by atoms with van der Waals surface area (Å²) < 4.78 is 0. The van der Waals surface area contributed by atoms with Gasteiger partial charge in [-0.3, -0.25) is 0 Å². The summed E-state index contributed by atoms with van der Waals surface area (Å²) in [4.78, 5) is 0. The number of rotatable bonds is 5. The van der Waals surface area contributed by atoms with Crippen molar-refractivity contribution in [2.75, 3.05) is 13.2 Å². The van der Waals surface area contributed by atoms with Crippen molar-refractivity contribution in [1.29, 1.82) is 0 Å². The lowest BCUT2D eigenvalue weighted by molar-refractivity contribution is 0.284. The fourth-order valence-electron chi connectivity index (χ4n) is 0.483. The average Bonchev–Trinajstić information content (AvgIpc) is 1.81. The van der Waals surface area contributed by atoms with E-state index in [4.69, 9.17) is 5.11 Å². The van der Waals surface area contributed by atoms with E-state index in [1.54, 1.807) is 0 Å². The van der Waals surface area contributed by atoms with Gasteiger partial charge in [0.15, 0.2) is 0 Å². The highest BCUT2D eigenvalue weighted by molar-refractivity contribution is 4.51. The van der Waals surface area contributed by atoms with Gasteiger partial charge in [0.05, 0.1) is 0 Å². The lowest BCUT2D eigenvalue weighted by atomic mass is 10.3. The Bertz CT molecular complexity index is 33.5. The second-order valence-corrected chi connectivity index (χ2v) is 1.67. The van der Waals surface area contributed by atoms with Crippen LogP contribution in [0.4, 0.5) is 0 Å². The minimum absolute atomic E-state index is 0.311. The predicted octanol–water partition coefficient (Wildman–Crippen LogP) is 0.530. The molecule has 0 aliphatic heterocycles. The van der Waals surface area contributed by atoms with Gasteiger partial charge in [-0.25, -0.2) is 0 Å². The first-order chi connectivity index (χ1) is 3.91. The van der Waals surface area contributed by atoms with Gasteiger partial charge >= 0.3 is 0 Å². The molecule has 2 nitrogen and oxygen atoms in total. The van der Waals surface area contributed by atoms with E-state index in [2.05, 4.69) is 5.32 Å². The molecular formula is C6H14NO. The molecule has 0 amide bonds. The maximum Gasteiger partial charge on any atom is 0.0431 e. The van der Waals surface area contributed by atoms with Crippen molar-refractivity contribution >= 4 is 0 Å². The molecule has 0 aromatic rings. The van der Waals surface area contributed by atoms with Crippen LogP contribution in [0.5, 0.6) is 0 Å². The monoisotopic (exact) mass is 116 g/mol. The predicted molar refractivity (Wildman–Crippen MR) is 34.3 cm³/mol. The Morgan fingerprint density at radius 3 is 2.75 bits per heavy atom.